The van der Waals surface area contributed by atoms with Gasteiger partial charge in [-0.15, -0.1) is 21.5 Å². The summed E-state index contributed by atoms with van der Waals surface area (Å²) in [7, 11) is 0. The second kappa shape index (κ2) is 7.38. The van der Waals surface area contributed by atoms with Crippen molar-refractivity contribution in [2.75, 3.05) is 13.1 Å². The number of likely N-dealkylation sites (tertiary alicyclic amines) is 1. The van der Waals surface area contributed by atoms with Gasteiger partial charge in [0.25, 0.3) is 0 Å². The number of fused-ring (bicyclic) bond motifs is 1. The zero-order chi connectivity index (χ0) is 19.8. The van der Waals surface area contributed by atoms with E-state index in [1.807, 2.05) is 24.3 Å². The van der Waals surface area contributed by atoms with Crippen molar-refractivity contribution in [3.8, 4) is 11.1 Å². The van der Waals surface area contributed by atoms with Gasteiger partial charge >= 0.3 is 0 Å². The van der Waals surface area contributed by atoms with Gasteiger partial charge in [-0.2, -0.15) is 0 Å². The van der Waals surface area contributed by atoms with Crippen LogP contribution in [-0.2, 0) is 17.6 Å². The molecule has 29 heavy (non-hydrogen) atoms. The number of β-amino-alcohol motifs (C(OH)–C–C–N with tert-alkyl or cyclic N) is 1. The van der Waals surface area contributed by atoms with Crippen LogP contribution in [0.3, 0.4) is 0 Å². The second-order valence-corrected chi connectivity index (χ2v) is 8.17. The van der Waals surface area contributed by atoms with E-state index in [4.69, 9.17) is 4.42 Å². The highest BCUT2D eigenvalue weighted by Crippen LogP contribution is 2.29. The number of carbonyl (C=O) groups is 1. The number of nitrogens with zero attached hydrogens (tertiary/aromatic N) is 4. The molecule has 0 atom stereocenters. The zero-order valence-electron chi connectivity index (χ0n) is 15.5. The second-order valence-electron chi connectivity index (χ2n) is 7.05. The lowest BCUT2D eigenvalue weighted by Gasteiger charge is -2.35. The Morgan fingerprint density at radius 2 is 1.90 bits per heavy atom. The molecule has 2 aromatic heterocycles. The van der Waals surface area contributed by atoms with E-state index in [-0.39, 0.29) is 12.3 Å². The summed E-state index contributed by atoms with van der Waals surface area (Å²) in [4.78, 5) is 18.3. The van der Waals surface area contributed by atoms with Crippen LogP contribution in [0.4, 0.5) is 0 Å². The highest BCUT2D eigenvalue weighted by Gasteiger charge is 2.29. The normalized spacial score (nSPS) is 14.3. The smallest absolute Gasteiger partial charge is 0.232 e. The molecular weight excluding hydrogens is 388 g/mol. The predicted molar refractivity (Wildman–Crippen MR) is 108 cm³/mol. The largest absolute Gasteiger partial charge is 0.424 e. The summed E-state index contributed by atoms with van der Waals surface area (Å²) in [5.41, 5.74) is 3.27. The number of hydrogen-bond acceptors (Lipinski definition) is 7. The van der Waals surface area contributed by atoms with Gasteiger partial charge < -0.3 is 14.4 Å². The number of aliphatic hydroxyl groups is 1. The fraction of sp³-hybridized carbons (Fsp3) is 0.238. The van der Waals surface area contributed by atoms with E-state index in [9.17, 15) is 9.90 Å². The molecule has 0 aliphatic carbocycles. The molecule has 7 nitrogen and oxygen atoms in total. The van der Waals surface area contributed by atoms with Crippen molar-refractivity contribution in [3.05, 3.63) is 65.3 Å². The first-order valence-corrected chi connectivity index (χ1v) is 10.2. The van der Waals surface area contributed by atoms with E-state index in [0.29, 0.717) is 31.3 Å². The molecule has 0 radical (unpaired) electrons. The minimum Gasteiger partial charge on any atom is -0.424 e. The molecule has 0 spiro atoms. The molecule has 5 rings (SSSR count). The molecule has 0 saturated carbocycles. The fourth-order valence-corrected chi connectivity index (χ4v) is 4.32. The highest BCUT2D eigenvalue weighted by molar-refractivity contribution is 7.18. The third-order valence-electron chi connectivity index (χ3n) is 4.87. The molecule has 0 bridgehead atoms. The minimum absolute atomic E-state index is 0.0556. The van der Waals surface area contributed by atoms with Gasteiger partial charge in [-0.1, -0.05) is 36.4 Å². The molecule has 2 aromatic carbocycles. The van der Waals surface area contributed by atoms with E-state index in [1.165, 1.54) is 5.56 Å². The van der Waals surface area contributed by atoms with Crippen molar-refractivity contribution in [1.29, 1.82) is 0 Å². The Balaban J connectivity index is 1.29. The Labute approximate surface area is 170 Å². The number of thiazole rings is 1. The number of benzene rings is 2. The van der Waals surface area contributed by atoms with E-state index < -0.39 is 6.10 Å². The monoisotopic (exact) mass is 406 g/mol. The number of aliphatic hydroxyl groups excluding tert-OH is 1. The third-order valence-corrected chi connectivity index (χ3v) is 5.89. The summed E-state index contributed by atoms with van der Waals surface area (Å²) in [6.45, 7) is 0.743. The molecule has 4 aromatic rings. The molecule has 146 valence electrons. The lowest BCUT2D eigenvalue weighted by Crippen LogP contribution is -2.53. The number of hydrogen-bond donors (Lipinski definition) is 1. The van der Waals surface area contributed by atoms with E-state index in [2.05, 4.69) is 39.4 Å². The Hall–Kier alpha value is -3.10. The van der Waals surface area contributed by atoms with Crippen LogP contribution in [0.5, 0.6) is 0 Å². The lowest BCUT2D eigenvalue weighted by molar-refractivity contribution is -0.140. The van der Waals surface area contributed by atoms with Gasteiger partial charge in [0.05, 0.1) is 22.7 Å². The van der Waals surface area contributed by atoms with Gasteiger partial charge in [0.2, 0.25) is 17.7 Å². The maximum Gasteiger partial charge on any atom is 0.232 e. The molecule has 1 fully saturated rings. The first-order valence-electron chi connectivity index (χ1n) is 9.36. The molecule has 1 aliphatic heterocycles. The SMILES string of the molecule is O=C(Cc1nnc(Cc2nc3ccc(-c4ccccc4)cc3s2)o1)N1CC(O)C1. The summed E-state index contributed by atoms with van der Waals surface area (Å²) >= 11 is 1.60. The van der Waals surface area contributed by atoms with Crippen molar-refractivity contribution in [2.45, 2.75) is 18.9 Å². The van der Waals surface area contributed by atoms with Crippen LogP contribution in [0.2, 0.25) is 0 Å². The van der Waals surface area contributed by atoms with Crippen molar-refractivity contribution in [1.82, 2.24) is 20.1 Å². The Bertz CT molecular complexity index is 1170. The van der Waals surface area contributed by atoms with Crippen molar-refractivity contribution < 1.29 is 14.3 Å². The van der Waals surface area contributed by atoms with Gasteiger partial charge in [0, 0.05) is 13.1 Å². The van der Waals surface area contributed by atoms with Crippen molar-refractivity contribution in [2.24, 2.45) is 0 Å². The van der Waals surface area contributed by atoms with E-state index in [1.54, 1.807) is 16.2 Å². The number of aromatic nitrogens is 3. The Morgan fingerprint density at radius 1 is 1.10 bits per heavy atom. The number of rotatable bonds is 5. The summed E-state index contributed by atoms with van der Waals surface area (Å²) in [5.74, 6) is 0.622. The van der Waals surface area contributed by atoms with E-state index >= 15 is 0 Å². The van der Waals surface area contributed by atoms with Gasteiger partial charge in [0.15, 0.2) is 0 Å². The van der Waals surface area contributed by atoms with Gasteiger partial charge in [0.1, 0.15) is 11.4 Å². The molecular formula is C21H18N4O3S. The van der Waals surface area contributed by atoms with Gasteiger partial charge in [-0.3, -0.25) is 4.79 Å². The van der Waals surface area contributed by atoms with Crippen molar-refractivity contribution in [3.63, 3.8) is 0 Å². The Kier molecular flexibility index (Phi) is 4.57. The maximum atomic E-state index is 12.1. The molecule has 1 aliphatic rings. The molecule has 3 heterocycles. The molecule has 1 saturated heterocycles. The average molecular weight is 406 g/mol. The summed E-state index contributed by atoms with van der Waals surface area (Å²) in [5, 5.41) is 18.2. The predicted octanol–water partition coefficient (Wildman–Crippen LogP) is 2.68. The number of carbonyl (C=O) groups excluding carboxylic acids is 1. The summed E-state index contributed by atoms with van der Waals surface area (Å²) < 4.78 is 6.73. The van der Waals surface area contributed by atoms with Crippen LogP contribution in [0, 0.1) is 0 Å². The topological polar surface area (TPSA) is 92.3 Å². The summed E-state index contributed by atoms with van der Waals surface area (Å²) in [6.07, 6.45) is 0.0718. The average Bonchev–Trinajstić information content (AvgIpc) is 3.31. The van der Waals surface area contributed by atoms with Crippen LogP contribution in [-0.4, -0.2) is 50.3 Å². The highest BCUT2D eigenvalue weighted by atomic mass is 32.1. The third kappa shape index (κ3) is 3.76. The zero-order valence-corrected chi connectivity index (χ0v) is 16.3. The maximum absolute atomic E-state index is 12.1. The first-order chi connectivity index (χ1) is 14.1. The molecule has 8 heteroatoms. The molecule has 1 N–H and O–H groups in total. The van der Waals surface area contributed by atoms with Crippen LogP contribution in [0.15, 0.2) is 52.9 Å². The van der Waals surface area contributed by atoms with Gasteiger partial charge in [-0.25, -0.2) is 4.98 Å². The van der Waals surface area contributed by atoms with Crippen LogP contribution < -0.4 is 0 Å². The van der Waals surface area contributed by atoms with Crippen LogP contribution in [0.25, 0.3) is 21.3 Å². The van der Waals surface area contributed by atoms with Crippen molar-refractivity contribution >= 4 is 27.5 Å². The summed E-state index contributed by atoms with van der Waals surface area (Å²) in [6, 6.07) is 16.5. The van der Waals surface area contributed by atoms with Crippen LogP contribution in [0.1, 0.15) is 16.8 Å². The molecule has 0 unspecified atom stereocenters. The lowest BCUT2D eigenvalue weighted by atomic mass is 10.1. The Morgan fingerprint density at radius 3 is 2.69 bits per heavy atom. The quantitative estimate of drug-likeness (QED) is 0.548. The first kappa shape index (κ1) is 18.0. The minimum atomic E-state index is -0.418. The van der Waals surface area contributed by atoms with E-state index in [0.717, 1.165) is 20.8 Å². The fourth-order valence-electron chi connectivity index (χ4n) is 3.32. The standard InChI is InChI=1S/C21H18N4O3S/c26-15-11-25(12-15)21(27)10-19-24-23-18(28-19)9-20-22-16-7-6-14(8-17(16)29-20)13-4-2-1-3-5-13/h1-8,15,26H,9-12H2. The van der Waals surface area contributed by atoms with Crippen LogP contribution >= 0.6 is 11.3 Å². The number of amides is 1. The molecule has 1 amide bonds. The van der Waals surface area contributed by atoms with Gasteiger partial charge in [-0.05, 0) is 23.3 Å².